The number of hydrogen-bond acceptors (Lipinski definition) is 6. The molecule has 1 aromatic carbocycles. The summed E-state index contributed by atoms with van der Waals surface area (Å²) >= 11 is 0. The summed E-state index contributed by atoms with van der Waals surface area (Å²) in [6.07, 6.45) is -3.80. The Bertz CT molecular complexity index is 839. The van der Waals surface area contributed by atoms with Gasteiger partial charge in [-0.15, -0.1) is 0 Å². The maximum Gasteiger partial charge on any atom is 0.411 e. The van der Waals surface area contributed by atoms with Crippen LogP contribution in [0.4, 0.5) is 23.2 Å². The third-order valence-corrected chi connectivity index (χ3v) is 5.27. The molecule has 2 aliphatic heterocycles. The van der Waals surface area contributed by atoms with Crippen molar-refractivity contribution in [2.45, 2.75) is 25.1 Å². The number of piperazine rings is 1. The van der Waals surface area contributed by atoms with Gasteiger partial charge in [0.25, 0.3) is 5.91 Å². The smallest absolute Gasteiger partial charge is 0.372 e. The second-order valence-electron chi connectivity index (χ2n) is 7.65. The minimum absolute atomic E-state index is 0.0171. The highest BCUT2D eigenvalue weighted by atomic mass is 19.4. The number of hydrazone groups is 1. The van der Waals surface area contributed by atoms with Crippen molar-refractivity contribution in [1.29, 1.82) is 0 Å². The number of primary amides is 1. The van der Waals surface area contributed by atoms with Crippen LogP contribution in [0.3, 0.4) is 0 Å². The van der Waals surface area contributed by atoms with Crippen molar-refractivity contribution >= 4 is 23.2 Å². The molecule has 0 aromatic heterocycles. The summed E-state index contributed by atoms with van der Waals surface area (Å²) < 4.78 is 54.0. The van der Waals surface area contributed by atoms with Gasteiger partial charge in [-0.25, -0.2) is 4.39 Å². The SMILES string of the molecule is NC(=O)C1CC(C(=O)N2CCN(CCCOCC(F)(F)F)CC2)=NN1c1ccc(F)cc1. The van der Waals surface area contributed by atoms with E-state index >= 15 is 0 Å². The lowest BCUT2D eigenvalue weighted by molar-refractivity contribution is -0.174. The van der Waals surface area contributed by atoms with Crippen molar-refractivity contribution in [2.75, 3.05) is 50.9 Å². The van der Waals surface area contributed by atoms with E-state index in [1.54, 1.807) is 4.90 Å². The number of ether oxygens (including phenoxy) is 1. The van der Waals surface area contributed by atoms with Crippen LogP contribution in [-0.4, -0.2) is 85.5 Å². The van der Waals surface area contributed by atoms with Gasteiger partial charge in [-0.05, 0) is 30.7 Å². The van der Waals surface area contributed by atoms with Crippen molar-refractivity contribution in [1.82, 2.24) is 9.80 Å². The normalized spacial score (nSPS) is 19.9. The van der Waals surface area contributed by atoms with Gasteiger partial charge in [-0.2, -0.15) is 18.3 Å². The molecule has 2 N–H and O–H groups in total. The molecule has 0 saturated carbocycles. The van der Waals surface area contributed by atoms with E-state index in [2.05, 4.69) is 9.84 Å². The quantitative estimate of drug-likeness (QED) is 0.468. The molecular formula is C20H25F4N5O3. The van der Waals surface area contributed by atoms with E-state index in [9.17, 15) is 27.2 Å². The molecule has 1 aromatic rings. The highest BCUT2D eigenvalue weighted by Gasteiger charge is 2.37. The van der Waals surface area contributed by atoms with Crippen molar-refractivity contribution in [2.24, 2.45) is 10.8 Å². The lowest BCUT2D eigenvalue weighted by Crippen LogP contribution is -2.50. The molecular weight excluding hydrogens is 434 g/mol. The summed E-state index contributed by atoms with van der Waals surface area (Å²) in [4.78, 5) is 28.5. The topological polar surface area (TPSA) is 91.5 Å². The minimum atomic E-state index is -4.32. The van der Waals surface area contributed by atoms with Crippen LogP contribution in [0.25, 0.3) is 0 Å². The highest BCUT2D eigenvalue weighted by molar-refractivity contribution is 6.40. The van der Waals surface area contributed by atoms with Crippen LogP contribution in [0.1, 0.15) is 12.8 Å². The first kappa shape index (κ1) is 23.9. The number of rotatable bonds is 8. The van der Waals surface area contributed by atoms with Gasteiger partial charge >= 0.3 is 6.18 Å². The fraction of sp³-hybridized carbons (Fsp3) is 0.550. The Kier molecular flexibility index (Phi) is 7.67. The summed E-state index contributed by atoms with van der Waals surface area (Å²) in [5.74, 6) is -1.37. The van der Waals surface area contributed by atoms with Crippen LogP contribution in [0.5, 0.6) is 0 Å². The van der Waals surface area contributed by atoms with Gasteiger partial charge in [0.15, 0.2) is 0 Å². The fourth-order valence-electron chi connectivity index (χ4n) is 3.63. The van der Waals surface area contributed by atoms with Crippen LogP contribution in [0, 0.1) is 5.82 Å². The second-order valence-corrected chi connectivity index (χ2v) is 7.65. The molecule has 2 aliphatic rings. The standard InChI is InChI=1S/C20H25F4N5O3/c21-14-2-4-15(5-3-14)29-17(18(25)30)12-16(26-29)19(31)28-9-7-27(8-10-28)6-1-11-32-13-20(22,23)24/h2-5,17H,1,6-13H2,(H2,25,30). The zero-order valence-corrected chi connectivity index (χ0v) is 17.4. The number of alkyl halides is 3. The molecule has 2 amide bonds. The Morgan fingerprint density at radius 3 is 2.38 bits per heavy atom. The minimum Gasteiger partial charge on any atom is -0.372 e. The predicted octanol–water partition coefficient (Wildman–Crippen LogP) is 1.36. The molecule has 0 spiro atoms. The zero-order valence-electron chi connectivity index (χ0n) is 17.4. The number of anilines is 1. The number of halogens is 4. The van der Waals surface area contributed by atoms with Crippen LogP contribution in [0.2, 0.25) is 0 Å². The summed E-state index contributed by atoms with van der Waals surface area (Å²) in [6, 6.07) is 4.54. The molecule has 1 saturated heterocycles. The number of hydrogen-bond donors (Lipinski definition) is 1. The van der Waals surface area contributed by atoms with Gasteiger partial charge in [0.05, 0.1) is 5.69 Å². The van der Waals surface area contributed by atoms with Crippen molar-refractivity contribution in [3.05, 3.63) is 30.1 Å². The lowest BCUT2D eigenvalue weighted by atomic mass is 10.1. The largest absolute Gasteiger partial charge is 0.411 e. The average Bonchev–Trinajstić information content (AvgIpc) is 3.19. The second kappa shape index (κ2) is 10.3. The van der Waals surface area contributed by atoms with E-state index in [1.165, 1.54) is 29.3 Å². The summed E-state index contributed by atoms with van der Waals surface area (Å²) in [5.41, 5.74) is 6.13. The first-order chi connectivity index (χ1) is 15.1. The summed E-state index contributed by atoms with van der Waals surface area (Å²) in [5, 5.41) is 5.63. The van der Waals surface area contributed by atoms with Gasteiger partial charge in [-0.1, -0.05) is 0 Å². The molecule has 2 heterocycles. The van der Waals surface area contributed by atoms with Crippen molar-refractivity contribution in [3.63, 3.8) is 0 Å². The Labute approximate surface area is 182 Å². The van der Waals surface area contributed by atoms with Crippen molar-refractivity contribution < 1.29 is 31.9 Å². The van der Waals surface area contributed by atoms with Crippen molar-refractivity contribution in [3.8, 4) is 0 Å². The molecule has 1 atom stereocenters. The van der Waals surface area contributed by atoms with E-state index in [0.29, 0.717) is 44.8 Å². The Morgan fingerprint density at radius 2 is 1.78 bits per heavy atom. The first-order valence-corrected chi connectivity index (χ1v) is 10.2. The average molecular weight is 459 g/mol. The molecule has 1 unspecified atom stereocenters. The summed E-state index contributed by atoms with van der Waals surface area (Å²) in [7, 11) is 0. The third kappa shape index (κ3) is 6.39. The van der Waals surface area contributed by atoms with Gasteiger partial charge in [-0.3, -0.25) is 19.5 Å². The van der Waals surface area contributed by atoms with Crippen LogP contribution < -0.4 is 10.7 Å². The molecule has 8 nitrogen and oxygen atoms in total. The maximum atomic E-state index is 13.2. The van der Waals surface area contributed by atoms with E-state index in [4.69, 9.17) is 5.73 Å². The number of nitrogens with zero attached hydrogens (tertiary/aromatic N) is 4. The van der Waals surface area contributed by atoms with Gasteiger partial charge in [0.1, 0.15) is 24.2 Å². The van der Waals surface area contributed by atoms with E-state index in [1.807, 2.05) is 4.90 Å². The highest BCUT2D eigenvalue weighted by Crippen LogP contribution is 2.25. The Hall–Kier alpha value is -2.73. The molecule has 1 fully saturated rings. The van der Waals surface area contributed by atoms with Gasteiger partial charge < -0.3 is 15.4 Å². The van der Waals surface area contributed by atoms with Gasteiger partial charge in [0.2, 0.25) is 5.91 Å². The van der Waals surface area contributed by atoms with E-state index < -0.39 is 30.5 Å². The molecule has 12 heteroatoms. The maximum absolute atomic E-state index is 13.2. The fourth-order valence-corrected chi connectivity index (χ4v) is 3.63. The third-order valence-electron chi connectivity index (χ3n) is 5.27. The number of amides is 2. The van der Waals surface area contributed by atoms with Gasteiger partial charge in [0, 0.05) is 45.8 Å². The molecule has 0 bridgehead atoms. The molecule has 3 rings (SSSR count). The molecule has 0 aliphatic carbocycles. The number of nitrogens with two attached hydrogens (primary N) is 1. The number of benzene rings is 1. The summed E-state index contributed by atoms with van der Waals surface area (Å²) in [6.45, 7) is 1.33. The van der Waals surface area contributed by atoms with Crippen LogP contribution >= 0.6 is 0 Å². The zero-order chi connectivity index (χ0) is 23.3. The number of carbonyl (C=O) groups is 2. The molecule has 32 heavy (non-hydrogen) atoms. The van der Waals surface area contributed by atoms with E-state index in [-0.39, 0.29) is 24.6 Å². The first-order valence-electron chi connectivity index (χ1n) is 10.2. The monoisotopic (exact) mass is 459 g/mol. The van der Waals surface area contributed by atoms with Crippen LogP contribution in [-0.2, 0) is 14.3 Å². The molecule has 0 radical (unpaired) electrons. The Balaban J connectivity index is 1.50. The number of carbonyl (C=O) groups excluding carboxylic acids is 2. The Morgan fingerprint density at radius 1 is 1.12 bits per heavy atom. The van der Waals surface area contributed by atoms with Crippen LogP contribution in [0.15, 0.2) is 29.4 Å². The molecule has 176 valence electrons. The lowest BCUT2D eigenvalue weighted by Gasteiger charge is -2.34. The predicted molar refractivity (Wildman–Crippen MR) is 108 cm³/mol. The van der Waals surface area contributed by atoms with E-state index in [0.717, 1.165) is 0 Å².